The third-order valence-electron chi connectivity index (χ3n) is 4.57. The predicted molar refractivity (Wildman–Crippen MR) is 102 cm³/mol. The zero-order chi connectivity index (χ0) is 19.1. The lowest BCUT2D eigenvalue weighted by Crippen LogP contribution is -2.20. The lowest BCUT2D eigenvalue weighted by molar-refractivity contribution is -0.137. The number of aliphatic carboxylic acids is 1. The Bertz CT molecular complexity index is 458. The van der Waals surface area contributed by atoms with E-state index in [0.717, 1.165) is 50.4 Å². The van der Waals surface area contributed by atoms with Gasteiger partial charge in [0.25, 0.3) is 0 Å². The van der Waals surface area contributed by atoms with Crippen molar-refractivity contribution in [2.75, 3.05) is 0 Å². The number of aliphatic hydroxyl groups is 1. The quantitative estimate of drug-likeness (QED) is 0.366. The van der Waals surface area contributed by atoms with Crippen LogP contribution in [-0.4, -0.2) is 36.0 Å². The molecule has 6 heteroatoms. The third-order valence-corrected chi connectivity index (χ3v) is 6.43. The molecule has 0 saturated heterocycles. The lowest BCUT2D eigenvalue weighted by atomic mass is 10.0. The van der Waals surface area contributed by atoms with E-state index in [9.17, 15) is 18.3 Å². The van der Waals surface area contributed by atoms with Gasteiger partial charge in [-0.3, -0.25) is 4.79 Å². The van der Waals surface area contributed by atoms with Crippen molar-refractivity contribution in [3.8, 4) is 0 Å². The first-order chi connectivity index (χ1) is 11.8. The highest BCUT2D eigenvalue weighted by Crippen LogP contribution is 2.21. The number of carboxylic acid groups (broad SMARTS) is 1. The molecule has 148 valence electrons. The highest BCUT2D eigenvalue weighted by molar-refractivity contribution is 7.94. The zero-order valence-corrected chi connectivity index (χ0v) is 16.5. The maximum atomic E-state index is 12.1. The van der Waals surface area contributed by atoms with E-state index in [1.807, 2.05) is 0 Å². The molecule has 2 N–H and O–H groups in total. The second kappa shape index (κ2) is 14.3. The Morgan fingerprint density at radius 3 is 2.12 bits per heavy atom. The van der Waals surface area contributed by atoms with Gasteiger partial charge < -0.3 is 10.2 Å². The molecular weight excluding hydrogens is 340 g/mol. The van der Waals surface area contributed by atoms with Gasteiger partial charge in [-0.1, -0.05) is 52.0 Å². The van der Waals surface area contributed by atoms with Crippen molar-refractivity contribution in [3.05, 3.63) is 12.0 Å². The minimum Gasteiger partial charge on any atom is -0.481 e. The van der Waals surface area contributed by atoms with Crippen molar-refractivity contribution < 1.29 is 23.4 Å². The van der Waals surface area contributed by atoms with Crippen LogP contribution in [0, 0.1) is 0 Å². The van der Waals surface area contributed by atoms with Crippen molar-refractivity contribution >= 4 is 15.8 Å². The number of rotatable bonds is 17. The molecular formula is C19H36O5S. The third kappa shape index (κ3) is 13.0. The van der Waals surface area contributed by atoms with E-state index >= 15 is 0 Å². The largest absolute Gasteiger partial charge is 0.481 e. The monoisotopic (exact) mass is 376 g/mol. The minimum atomic E-state index is -3.30. The lowest BCUT2D eigenvalue weighted by Gasteiger charge is -2.17. The van der Waals surface area contributed by atoms with E-state index < -0.39 is 21.1 Å². The van der Waals surface area contributed by atoms with Crippen LogP contribution < -0.4 is 0 Å². The van der Waals surface area contributed by atoms with Gasteiger partial charge in [-0.15, -0.1) is 0 Å². The fourth-order valence-corrected chi connectivity index (χ4v) is 4.23. The molecule has 2 atom stereocenters. The number of carbonyl (C=O) groups is 1. The first kappa shape index (κ1) is 24.1. The average Bonchev–Trinajstić information content (AvgIpc) is 2.56. The van der Waals surface area contributed by atoms with Gasteiger partial charge in [0, 0.05) is 11.8 Å². The summed E-state index contributed by atoms with van der Waals surface area (Å²) in [7, 11) is -3.30. The number of hydrogen-bond acceptors (Lipinski definition) is 4. The Morgan fingerprint density at radius 1 is 0.960 bits per heavy atom. The van der Waals surface area contributed by atoms with Crippen LogP contribution in [0.3, 0.4) is 0 Å². The minimum absolute atomic E-state index is 0.171. The SMILES string of the molecule is C=CS(=O)(=O)C(CCCCCCC(=O)O)CCCC(O)CCCCC. The number of hydrogen-bond donors (Lipinski definition) is 2. The van der Waals surface area contributed by atoms with Gasteiger partial charge in [0.1, 0.15) is 0 Å². The van der Waals surface area contributed by atoms with E-state index in [2.05, 4.69) is 13.5 Å². The maximum absolute atomic E-state index is 12.1. The Balaban J connectivity index is 4.15. The molecule has 0 amide bonds. The summed E-state index contributed by atoms with van der Waals surface area (Å²) in [6.07, 6.45) is 9.41. The average molecular weight is 377 g/mol. The molecule has 25 heavy (non-hydrogen) atoms. The molecule has 0 aliphatic carbocycles. The molecule has 0 aromatic heterocycles. The predicted octanol–water partition coefficient (Wildman–Crippen LogP) is 4.45. The summed E-state index contributed by atoms with van der Waals surface area (Å²) in [6, 6.07) is 0. The van der Waals surface area contributed by atoms with Crippen LogP contribution >= 0.6 is 0 Å². The van der Waals surface area contributed by atoms with Crippen molar-refractivity contribution in [2.24, 2.45) is 0 Å². The van der Waals surface area contributed by atoms with Crippen LogP contribution in [0.1, 0.15) is 90.4 Å². The van der Waals surface area contributed by atoms with Gasteiger partial charge in [-0.25, -0.2) is 8.42 Å². The summed E-state index contributed by atoms with van der Waals surface area (Å²) in [5.74, 6) is -0.787. The van der Waals surface area contributed by atoms with Crippen molar-refractivity contribution in [3.63, 3.8) is 0 Å². The fourth-order valence-electron chi connectivity index (χ4n) is 2.97. The van der Waals surface area contributed by atoms with Crippen LogP contribution in [0.15, 0.2) is 12.0 Å². The van der Waals surface area contributed by atoms with Crippen molar-refractivity contribution in [2.45, 2.75) is 102 Å². The van der Waals surface area contributed by atoms with E-state index in [-0.39, 0.29) is 12.5 Å². The van der Waals surface area contributed by atoms with Gasteiger partial charge >= 0.3 is 5.97 Å². The summed E-state index contributed by atoms with van der Waals surface area (Å²) in [5, 5.41) is 19.1. The Labute approximate surface area is 153 Å². The van der Waals surface area contributed by atoms with E-state index in [1.165, 1.54) is 0 Å². The molecule has 2 unspecified atom stereocenters. The standard InChI is InChI=1S/C19H36O5S/c1-3-5-8-12-17(20)13-11-15-18(25(23,24)4-2)14-9-6-7-10-16-19(21)22/h4,17-18,20H,2-3,5-16H2,1H3,(H,21,22). The topological polar surface area (TPSA) is 91.7 Å². The molecule has 0 spiro atoms. The van der Waals surface area contributed by atoms with E-state index in [1.54, 1.807) is 0 Å². The molecule has 0 aromatic carbocycles. The Kier molecular flexibility index (Phi) is 13.8. The van der Waals surface area contributed by atoms with Crippen molar-refractivity contribution in [1.29, 1.82) is 0 Å². The molecule has 0 heterocycles. The maximum Gasteiger partial charge on any atom is 0.303 e. The number of carboxylic acids is 1. The van der Waals surface area contributed by atoms with E-state index in [0.29, 0.717) is 32.1 Å². The van der Waals surface area contributed by atoms with Gasteiger partial charge in [0.05, 0.1) is 11.4 Å². The molecule has 0 aromatic rings. The Morgan fingerprint density at radius 2 is 1.52 bits per heavy atom. The first-order valence-corrected chi connectivity index (χ1v) is 11.2. The summed E-state index contributed by atoms with van der Waals surface area (Å²) in [6.45, 7) is 5.54. The molecule has 0 fully saturated rings. The Hall–Kier alpha value is -0.880. The van der Waals surface area contributed by atoms with Crippen molar-refractivity contribution in [1.82, 2.24) is 0 Å². The fraction of sp³-hybridized carbons (Fsp3) is 0.842. The number of aliphatic hydroxyl groups excluding tert-OH is 1. The first-order valence-electron chi connectivity index (χ1n) is 9.59. The van der Waals surface area contributed by atoms with Gasteiger partial charge in [0.2, 0.25) is 0 Å². The molecule has 0 aliphatic rings. The van der Waals surface area contributed by atoms with Crippen LogP contribution in [0.4, 0.5) is 0 Å². The zero-order valence-electron chi connectivity index (χ0n) is 15.7. The van der Waals surface area contributed by atoms with Gasteiger partial charge in [0.15, 0.2) is 9.84 Å². The molecule has 5 nitrogen and oxygen atoms in total. The van der Waals surface area contributed by atoms with Gasteiger partial charge in [-0.2, -0.15) is 0 Å². The molecule has 0 rings (SSSR count). The highest BCUT2D eigenvalue weighted by atomic mass is 32.2. The second-order valence-electron chi connectivity index (χ2n) is 6.80. The molecule has 0 bridgehead atoms. The van der Waals surface area contributed by atoms with Crippen LogP contribution in [0.5, 0.6) is 0 Å². The highest BCUT2D eigenvalue weighted by Gasteiger charge is 2.22. The van der Waals surface area contributed by atoms with Crippen LogP contribution in [0.25, 0.3) is 0 Å². The molecule has 0 radical (unpaired) electrons. The van der Waals surface area contributed by atoms with Gasteiger partial charge in [-0.05, 0) is 38.5 Å². The van der Waals surface area contributed by atoms with Crippen LogP contribution in [0.2, 0.25) is 0 Å². The summed E-state index contributed by atoms with van der Waals surface area (Å²) < 4.78 is 24.3. The van der Waals surface area contributed by atoms with E-state index in [4.69, 9.17) is 5.11 Å². The second-order valence-corrected chi connectivity index (χ2v) is 8.98. The summed E-state index contributed by atoms with van der Waals surface area (Å²) >= 11 is 0. The molecule has 0 aliphatic heterocycles. The summed E-state index contributed by atoms with van der Waals surface area (Å²) in [4.78, 5) is 10.5. The number of sulfone groups is 1. The smallest absolute Gasteiger partial charge is 0.303 e. The normalized spacial score (nSPS) is 14.2. The summed E-state index contributed by atoms with van der Waals surface area (Å²) in [5.41, 5.74) is 0. The molecule has 0 saturated carbocycles. The number of unbranched alkanes of at least 4 members (excludes halogenated alkanes) is 5. The van der Waals surface area contributed by atoms with Crippen LogP contribution in [-0.2, 0) is 14.6 Å².